The first kappa shape index (κ1) is 23.8. The van der Waals surface area contributed by atoms with E-state index in [-0.39, 0.29) is 13.4 Å². The van der Waals surface area contributed by atoms with E-state index in [9.17, 15) is 20.4 Å². The van der Waals surface area contributed by atoms with Gasteiger partial charge in [0.25, 0.3) is 0 Å². The molecule has 2 aromatic rings. The Labute approximate surface area is 186 Å². The molecule has 0 radical (unpaired) electrons. The summed E-state index contributed by atoms with van der Waals surface area (Å²) < 4.78 is 16.6. The van der Waals surface area contributed by atoms with Crippen LogP contribution in [0.4, 0.5) is 0 Å². The van der Waals surface area contributed by atoms with Gasteiger partial charge in [0, 0.05) is 19.6 Å². The molecule has 2 aromatic carbocycles. The number of ether oxygens (including phenoxy) is 3. The molecule has 0 amide bonds. The number of aryl methyl sites for hydroxylation is 1. The molecule has 0 aliphatic carbocycles. The Morgan fingerprint density at radius 1 is 0.935 bits per heavy atom. The Balaban J connectivity index is 1.86. The first-order valence-electron chi connectivity index (χ1n) is 10.3. The maximum atomic E-state index is 10.4. The minimum absolute atomic E-state index is 0.0789. The number of rotatable bonds is 9. The van der Waals surface area contributed by atoms with Crippen LogP contribution in [0, 0.1) is 0 Å². The SMILES string of the molecule is CCc1ccc(Cc2ccc(OCOC)cc2O[C@H]2S[C@@H](CO)[C@@H](O)[C@H](O)[C@H]2O)cc1. The van der Waals surface area contributed by atoms with Gasteiger partial charge < -0.3 is 34.6 Å². The van der Waals surface area contributed by atoms with E-state index in [1.807, 2.05) is 12.1 Å². The van der Waals surface area contributed by atoms with Gasteiger partial charge in [-0.3, -0.25) is 0 Å². The quantitative estimate of drug-likeness (QED) is 0.428. The van der Waals surface area contributed by atoms with Crippen LogP contribution in [0.3, 0.4) is 0 Å². The first-order valence-corrected chi connectivity index (χ1v) is 11.2. The molecular weight excluding hydrogens is 420 g/mol. The topological polar surface area (TPSA) is 109 Å². The summed E-state index contributed by atoms with van der Waals surface area (Å²) in [5.74, 6) is 1.03. The lowest BCUT2D eigenvalue weighted by atomic mass is 10.0. The van der Waals surface area contributed by atoms with E-state index in [0.717, 1.165) is 29.3 Å². The van der Waals surface area contributed by atoms with Crippen LogP contribution in [0.1, 0.15) is 23.6 Å². The molecule has 0 saturated carbocycles. The van der Waals surface area contributed by atoms with Gasteiger partial charge in [-0.05, 0) is 29.2 Å². The van der Waals surface area contributed by atoms with Crippen molar-refractivity contribution in [2.75, 3.05) is 20.5 Å². The summed E-state index contributed by atoms with van der Waals surface area (Å²) >= 11 is 1.09. The third-order valence-electron chi connectivity index (χ3n) is 5.30. The Kier molecular flexibility index (Phi) is 8.59. The van der Waals surface area contributed by atoms with Crippen molar-refractivity contribution in [3.8, 4) is 11.5 Å². The van der Waals surface area contributed by atoms with Crippen molar-refractivity contribution in [3.05, 3.63) is 59.2 Å². The second-order valence-electron chi connectivity index (χ2n) is 7.48. The van der Waals surface area contributed by atoms with Crippen LogP contribution < -0.4 is 9.47 Å². The van der Waals surface area contributed by atoms with E-state index >= 15 is 0 Å². The zero-order valence-corrected chi connectivity index (χ0v) is 18.5. The summed E-state index contributed by atoms with van der Waals surface area (Å²) in [5.41, 5.74) is 2.37. The van der Waals surface area contributed by atoms with Crippen molar-refractivity contribution < 1.29 is 34.6 Å². The highest BCUT2D eigenvalue weighted by molar-refractivity contribution is 8.00. The monoisotopic (exact) mass is 450 g/mol. The minimum Gasteiger partial charge on any atom is -0.476 e. The molecule has 1 aliphatic heterocycles. The van der Waals surface area contributed by atoms with Crippen LogP contribution in [0.5, 0.6) is 11.5 Å². The lowest BCUT2D eigenvalue weighted by Gasteiger charge is -2.39. The first-order chi connectivity index (χ1) is 15.0. The summed E-state index contributed by atoms with van der Waals surface area (Å²) in [6.07, 6.45) is -2.40. The molecule has 1 heterocycles. The van der Waals surface area contributed by atoms with Crippen molar-refractivity contribution in [2.24, 2.45) is 0 Å². The highest BCUT2D eigenvalue weighted by Gasteiger charge is 2.44. The molecule has 0 spiro atoms. The van der Waals surface area contributed by atoms with E-state index in [1.165, 1.54) is 12.7 Å². The highest BCUT2D eigenvalue weighted by atomic mass is 32.2. The Bertz CT molecular complexity index is 827. The average Bonchev–Trinajstić information content (AvgIpc) is 2.79. The largest absolute Gasteiger partial charge is 0.476 e. The lowest BCUT2D eigenvalue weighted by molar-refractivity contribution is -0.0910. The third-order valence-corrected chi connectivity index (χ3v) is 6.72. The van der Waals surface area contributed by atoms with Crippen molar-refractivity contribution >= 4 is 11.8 Å². The fraction of sp³-hybridized carbons (Fsp3) is 0.478. The van der Waals surface area contributed by atoms with Crippen LogP contribution in [0.2, 0.25) is 0 Å². The van der Waals surface area contributed by atoms with E-state index in [1.54, 1.807) is 6.07 Å². The predicted octanol–water partition coefficient (Wildman–Crippen LogP) is 1.72. The molecule has 1 aliphatic rings. The molecule has 0 unspecified atom stereocenters. The summed E-state index contributed by atoms with van der Waals surface area (Å²) in [6, 6.07) is 13.8. The highest BCUT2D eigenvalue weighted by Crippen LogP contribution is 2.37. The molecule has 1 saturated heterocycles. The number of hydrogen-bond acceptors (Lipinski definition) is 8. The van der Waals surface area contributed by atoms with Crippen LogP contribution in [0.15, 0.2) is 42.5 Å². The van der Waals surface area contributed by atoms with Gasteiger partial charge in [-0.25, -0.2) is 0 Å². The van der Waals surface area contributed by atoms with Crippen molar-refractivity contribution in [3.63, 3.8) is 0 Å². The molecule has 170 valence electrons. The molecule has 3 rings (SSSR count). The zero-order valence-electron chi connectivity index (χ0n) is 17.7. The maximum absolute atomic E-state index is 10.4. The van der Waals surface area contributed by atoms with Gasteiger partial charge in [-0.2, -0.15) is 0 Å². The molecule has 0 bridgehead atoms. The molecule has 4 N–H and O–H groups in total. The van der Waals surface area contributed by atoms with Crippen LogP contribution in [0.25, 0.3) is 0 Å². The van der Waals surface area contributed by atoms with Crippen LogP contribution in [-0.4, -0.2) is 69.9 Å². The van der Waals surface area contributed by atoms with E-state index < -0.39 is 29.0 Å². The second kappa shape index (κ2) is 11.2. The van der Waals surface area contributed by atoms with Crippen LogP contribution >= 0.6 is 11.8 Å². The number of thioether (sulfide) groups is 1. The number of methoxy groups -OCH3 is 1. The molecule has 8 heteroatoms. The summed E-state index contributed by atoms with van der Waals surface area (Å²) in [4.78, 5) is 0. The van der Waals surface area contributed by atoms with Crippen molar-refractivity contribution in [1.29, 1.82) is 0 Å². The predicted molar refractivity (Wildman–Crippen MR) is 118 cm³/mol. The van der Waals surface area contributed by atoms with Gasteiger partial charge >= 0.3 is 0 Å². The lowest BCUT2D eigenvalue weighted by Crippen LogP contribution is -2.55. The summed E-state index contributed by atoms with van der Waals surface area (Å²) in [7, 11) is 1.53. The van der Waals surface area contributed by atoms with Gasteiger partial charge in [0.1, 0.15) is 23.7 Å². The number of aliphatic hydroxyl groups is 4. The fourth-order valence-electron chi connectivity index (χ4n) is 3.41. The van der Waals surface area contributed by atoms with E-state index in [4.69, 9.17) is 14.2 Å². The van der Waals surface area contributed by atoms with Crippen molar-refractivity contribution in [1.82, 2.24) is 0 Å². The zero-order chi connectivity index (χ0) is 22.4. The fourth-order valence-corrected chi connectivity index (χ4v) is 4.64. The van der Waals surface area contributed by atoms with Gasteiger partial charge in [-0.1, -0.05) is 37.3 Å². The average molecular weight is 451 g/mol. The molecule has 5 atom stereocenters. The second-order valence-corrected chi connectivity index (χ2v) is 8.82. The van der Waals surface area contributed by atoms with Crippen LogP contribution in [-0.2, 0) is 17.6 Å². The Morgan fingerprint density at radius 2 is 1.65 bits per heavy atom. The van der Waals surface area contributed by atoms with Crippen molar-refractivity contribution in [2.45, 2.75) is 48.8 Å². The Hall–Kier alpha value is -1.81. The third kappa shape index (κ3) is 5.91. The van der Waals surface area contributed by atoms with Gasteiger partial charge in [0.2, 0.25) is 0 Å². The number of aliphatic hydroxyl groups excluding tert-OH is 4. The molecular formula is C23H30O7S. The van der Waals surface area contributed by atoms with E-state index in [0.29, 0.717) is 17.9 Å². The smallest absolute Gasteiger partial charge is 0.188 e. The van der Waals surface area contributed by atoms with Gasteiger partial charge in [0.15, 0.2) is 12.2 Å². The normalized spacial score (nSPS) is 25.9. The van der Waals surface area contributed by atoms with Gasteiger partial charge in [0.05, 0.1) is 18.0 Å². The summed E-state index contributed by atoms with van der Waals surface area (Å²) in [6.45, 7) is 1.84. The molecule has 7 nitrogen and oxygen atoms in total. The number of benzene rings is 2. The summed E-state index contributed by atoms with van der Waals surface area (Å²) in [5, 5.41) is 39.5. The minimum atomic E-state index is -1.42. The standard InChI is InChI=1S/C23H30O7S/c1-3-14-4-6-15(7-5-14)10-16-8-9-17(29-13-28-2)11-18(16)30-23-22(27)21(26)20(25)19(12-24)31-23/h4-9,11,19-27H,3,10,12-13H2,1-2H3/t19-,20+,21-,22+,23-/m0/s1. The van der Waals surface area contributed by atoms with E-state index in [2.05, 4.69) is 31.2 Å². The molecule has 0 aromatic heterocycles. The molecule has 1 fully saturated rings. The number of hydrogen-bond donors (Lipinski definition) is 4. The Morgan fingerprint density at radius 3 is 2.29 bits per heavy atom. The maximum Gasteiger partial charge on any atom is 0.188 e. The van der Waals surface area contributed by atoms with Gasteiger partial charge in [-0.15, -0.1) is 11.8 Å². The molecule has 31 heavy (non-hydrogen) atoms.